The Bertz CT molecular complexity index is 363. The average molecular weight is 219 g/mol. The lowest BCUT2D eigenvalue weighted by molar-refractivity contribution is 0.750. The van der Waals surface area contributed by atoms with Crippen molar-refractivity contribution in [2.75, 3.05) is 5.75 Å². The molecule has 0 aromatic heterocycles. The smallest absolute Gasteiger partial charge is 0.0991 e. The minimum atomic E-state index is 0.744. The predicted molar refractivity (Wildman–Crippen MR) is 66.9 cm³/mol. The molecule has 1 rings (SSSR count). The highest BCUT2D eigenvalue weighted by molar-refractivity contribution is 7.98. The minimum Gasteiger partial charge on any atom is -0.192 e. The lowest BCUT2D eigenvalue weighted by atomic mass is 10.1. The average Bonchev–Trinajstić information content (AvgIpc) is 2.20. The van der Waals surface area contributed by atoms with Gasteiger partial charge in [-0.2, -0.15) is 17.0 Å². The van der Waals surface area contributed by atoms with Gasteiger partial charge in [0.15, 0.2) is 0 Å². The van der Waals surface area contributed by atoms with E-state index < -0.39 is 0 Å². The molecule has 0 bridgehead atoms. The SMILES string of the molecule is Cc1cc(C#N)ccc1CSCC(C)C. The summed E-state index contributed by atoms with van der Waals surface area (Å²) < 4.78 is 0. The van der Waals surface area contributed by atoms with Gasteiger partial charge < -0.3 is 0 Å². The van der Waals surface area contributed by atoms with Gasteiger partial charge in [-0.15, -0.1) is 0 Å². The molecular formula is C13H17NS. The summed E-state index contributed by atoms with van der Waals surface area (Å²) in [7, 11) is 0. The van der Waals surface area contributed by atoms with Crippen molar-refractivity contribution in [3.05, 3.63) is 34.9 Å². The lowest BCUT2D eigenvalue weighted by Gasteiger charge is -2.07. The van der Waals surface area contributed by atoms with Gasteiger partial charge in [0.05, 0.1) is 11.6 Å². The second-order valence-corrected chi connectivity index (χ2v) is 5.19. The molecular weight excluding hydrogens is 202 g/mol. The number of nitrogens with zero attached hydrogens (tertiary/aromatic N) is 1. The first-order chi connectivity index (χ1) is 7.13. The van der Waals surface area contributed by atoms with Crippen LogP contribution in [0, 0.1) is 24.2 Å². The Morgan fingerprint density at radius 1 is 1.40 bits per heavy atom. The predicted octanol–water partition coefficient (Wildman–Crippen LogP) is 3.76. The summed E-state index contributed by atoms with van der Waals surface area (Å²) >= 11 is 1.96. The summed E-state index contributed by atoms with van der Waals surface area (Å²) in [6, 6.07) is 8.10. The van der Waals surface area contributed by atoms with Gasteiger partial charge >= 0.3 is 0 Å². The number of aryl methyl sites for hydroxylation is 1. The van der Waals surface area contributed by atoms with Crippen LogP contribution in [-0.2, 0) is 5.75 Å². The Morgan fingerprint density at radius 2 is 2.13 bits per heavy atom. The van der Waals surface area contributed by atoms with E-state index in [9.17, 15) is 0 Å². The Labute approximate surface area is 96.5 Å². The van der Waals surface area contributed by atoms with Crippen molar-refractivity contribution in [3.8, 4) is 6.07 Å². The van der Waals surface area contributed by atoms with Crippen LogP contribution in [-0.4, -0.2) is 5.75 Å². The zero-order valence-corrected chi connectivity index (χ0v) is 10.4. The molecule has 0 fully saturated rings. The van der Waals surface area contributed by atoms with E-state index in [1.165, 1.54) is 16.9 Å². The maximum Gasteiger partial charge on any atom is 0.0991 e. The van der Waals surface area contributed by atoms with Crippen molar-refractivity contribution in [2.45, 2.75) is 26.5 Å². The Hall–Kier alpha value is -0.940. The van der Waals surface area contributed by atoms with Gasteiger partial charge in [0.1, 0.15) is 0 Å². The van der Waals surface area contributed by atoms with Crippen LogP contribution in [0.1, 0.15) is 30.5 Å². The van der Waals surface area contributed by atoms with Crippen molar-refractivity contribution in [2.24, 2.45) is 5.92 Å². The van der Waals surface area contributed by atoms with E-state index in [0.717, 1.165) is 17.2 Å². The molecule has 1 nitrogen and oxygen atoms in total. The van der Waals surface area contributed by atoms with E-state index in [0.29, 0.717) is 0 Å². The molecule has 0 N–H and O–H groups in total. The number of hydrogen-bond acceptors (Lipinski definition) is 2. The zero-order valence-electron chi connectivity index (χ0n) is 9.58. The van der Waals surface area contributed by atoms with Crippen molar-refractivity contribution >= 4 is 11.8 Å². The minimum absolute atomic E-state index is 0.744. The van der Waals surface area contributed by atoms with Crippen LogP contribution in [0.15, 0.2) is 18.2 Å². The van der Waals surface area contributed by atoms with Crippen molar-refractivity contribution in [3.63, 3.8) is 0 Å². The van der Waals surface area contributed by atoms with Gasteiger partial charge in [0, 0.05) is 5.75 Å². The second kappa shape index (κ2) is 5.82. The van der Waals surface area contributed by atoms with E-state index in [1.807, 2.05) is 23.9 Å². The number of hydrogen-bond donors (Lipinski definition) is 0. The number of thioether (sulfide) groups is 1. The Balaban J connectivity index is 2.59. The molecule has 0 saturated carbocycles. The van der Waals surface area contributed by atoms with Crippen LogP contribution in [0.5, 0.6) is 0 Å². The molecule has 0 saturated heterocycles. The molecule has 0 aliphatic carbocycles. The highest BCUT2D eigenvalue weighted by Crippen LogP contribution is 2.19. The highest BCUT2D eigenvalue weighted by atomic mass is 32.2. The van der Waals surface area contributed by atoms with Gasteiger partial charge in [-0.1, -0.05) is 19.9 Å². The summed E-state index contributed by atoms with van der Waals surface area (Å²) in [6.45, 7) is 6.55. The quantitative estimate of drug-likeness (QED) is 0.770. The van der Waals surface area contributed by atoms with Crippen LogP contribution in [0.25, 0.3) is 0 Å². The number of rotatable bonds is 4. The molecule has 0 aliphatic heterocycles. The second-order valence-electron chi connectivity index (χ2n) is 4.16. The maximum atomic E-state index is 8.75. The molecule has 1 aromatic carbocycles. The summed E-state index contributed by atoms with van der Waals surface area (Å²) in [5.74, 6) is 2.99. The number of nitriles is 1. The fourth-order valence-electron chi connectivity index (χ4n) is 1.33. The third-order valence-corrected chi connectivity index (χ3v) is 3.60. The first-order valence-electron chi connectivity index (χ1n) is 5.21. The summed E-state index contributed by atoms with van der Waals surface area (Å²) in [5, 5.41) is 8.75. The molecule has 0 atom stereocenters. The van der Waals surface area contributed by atoms with Crippen molar-refractivity contribution in [1.82, 2.24) is 0 Å². The molecule has 15 heavy (non-hydrogen) atoms. The Morgan fingerprint density at radius 3 is 2.67 bits per heavy atom. The molecule has 0 amide bonds. The molecule has 0 unspecified atom stereocenters. The highest BCUT2D eigenvalue weighted by Gasteiger charge is 2.01. The van der Waals surface area contributed by atoms with Crippen LogP contribution in [0.4, 0.5) is 0 Å². The van der Waals surface area contributed by atoms with Crippen LogP contribution in [0.3, 0.4) is 0 Å². The molecule has 2 heteroatoms. The van der Waals surface area contributed by atoms with Gasteiger partial charge in [0.25, 0.3) is 0 Å². The molecule has 0 radical (unpaired) electrons. The molecule has 0 aliphatic rings. The molecule has 1 aromatic rings. The van der Waals surface area contributed by atoms with E-state index in [1.54, 1.807) is 0 Å². The number of benzene rings is 1. The van der Waals surface area contributed by atoms with Gasteiger partial charge in [0.2, 0.25) is 0 Å². The monoisotopic (exact) mass is 219 g/mol. The van der Waals surface area contributed by atoms with Crippen molar-refractivity contribution < 1.29 is 0 Å². The summed E-state index contributed by atoms with van der Waals surface area (Å²) in [6.07, 6.45) is 0. The molecule has 80 valence electrons. The fourth-order valence-corrected chi connectivity index (χ4v) is 2.47. The van der Waals surface area contributed by atoms with Crippen molar-refractivity contribution in [1.29, 1.82) is 5.26 Å². The zero-order chi connectivity index (χ0) is 11.3. The fraction of sp³-hybridized carbons (Fsp3) is 0.462. The lowest BCUT2D eigenvalue weighted by Crippen LogP contribution is -1.93. The Kier molecular flexibility index (Phi) is 4.71. The van der Waals surface area contributed by atoms with Crippen LogP contribution < -0.4 is 0 Å². The maximum absolute atomic E-state index is 8.75. The normalized spacial score (nSPS) is 10.3. The standard InChI is InChI=1S/C13H17NS/c1-10(2)8-15-9-13-5-4-12(7-14)6-11(13)3/h4-6,10H,8-9H2,1-3H3. The summed E-state index contributed by atoms with van der Waals surface area (Å²) in [4.78, 5) is 0. The molecule has 0 heterocycles. The first-order valence-corrected chi connectivity index (χ1v) is 6.36. The first kappa shape index (κ1) is 12.1. The van der Waals surface area contributed by atoms with Gasteiger partial charge in [-0.25, -0.2) is 0 Å². The molecule has 0 spiro atoms. The van der Waals surface area contributed by atoms with E-state index in [4.69, 9.17) is 5.26 Å². The third kappa shape index (κ3) is 3.97. The topological polar surface area (TPSA) is 23.8 Å². The third-order valence-electron chi connectivity index (χ3n) is 2.18. The van der Waals surface area contributed by atoms with E-state index in [2.05, 4.69) is 32.9 Å². The van der Waals surface area contributed by atoms with E-state index >= 15 is 0 Å². The van der Waals surface area contributed by atoms with E-state index in [-0.39, 0.29) is 0 Å². The van der Waals surface area contributed by atoms with Crippen LogP contribution >= 0.6 is 11.8 Å². The van der Waals surface area contributed by atoms with Gasteiger partial charge in [-0.05, 0) is 41.9 Å². The van der Waals surface area contributed by atoms with Crippen LogP contribution in [0.2, 0.25) is 0 Å². The summed E-state index contributed by atoms with van der Waals surface area (Å²) in [5.41, 5.74) is 3.33. The van der Waals surface area contributed by atoms with Gasteiger partial charge in [-0.3, -0.25) is 0 Å². The largest absolute Gasteiger partial charge is 0.192 e.